The van der Waals surface area contributed by atoms with Gasteiger partial charge in [0.25, 0.3) is 0 Å². The monoisotopic (exact) mass is 308 g/mol. The third-order valence-electron chi connectivity index (χ3n) is 4.87. The number of urea groups is 1. The average Bonchev–Trinajstić information content (AvgIpc) is 3.18. The van der Waals surface area contributed by atoms with E-state index in [9.17, 15) is 4.79 Å². The lowest BCUT2D eigenvalue weighted by Gasteiger charge is -2.40. The van der Waals surface area contributed by atoms with Crippen molar-refractivity contribution >= 4 is 23.6 Å². The van der Waals surface area contributed by atoms with Crippen LogP contribution in [0.15, 0.2) is 12.3 Å². The molecule has 3 rings (SSSR count). The Morgan fingerprint density at radius 3 is 2.90 bits per heavy atom. The number of rotatable bonds is 6. The van der Waals surface area contributed by atoms with Crippen molar-refractivity contribution in [2.24, 2.45) is 5.92 Å². The fourth-order valence-corrected chi connectivity index (χ4v) is 3.86. The zero-order valence-corrected chi connectivity index (χ0v) is 13.6. The number of nitrogens with one attached hydrogen (secondary N) is 2. The number of carbonyl (C=O) groups excluding carboxylic acids is 1. The second-order valence-corrected chi connectivity index (χ2v) is 7.56. The molecule has 2 saturated carbocycles. The maximum Gasteiger partial charge on any atom is 0.320 e. The zero-order chi connectivity index (χ0) is 14.9. The van der Waals surface area contributed by atoms with Crippen molar-refractivity contribution in [1.29, 1.82) is 0 Å². The van der Waals surface area contributed by atoms with E-state index in [1.165, 1.54) is 32.1 Å². The van der Waals surface area contributed by atoms with Crippen molar-refractivity contribution in [3.63, 3.8) is 0 Å². The molecule has 2 amide bonds. The summed E-state index contributed by atoms with van der Waals surface area (Å²) in [5.74, 6) is 1.50. The van der Waals surface area contributed by atoms with E-state index in [-0.39, 0.29) is 10.8 Å². The van der Waals surface area contributed by atoms with Gasteiger partial charge in [0.15, 0.2) is 0 Å². The van der Waals surface area contributed by atoms with Crippen LogP contribution in [0.5, 0.6) is 0 Å². The number of hydrogen-bond donors (Lipinski definition) is 2. The molecule has 0 bridgehead atoms. The van der Waals surface area contributed by atoms with Gasteiger partial charge in [-0.15, -0.1) is 0 Å². The molecule has 0 spiro atoms. The number of aromatic nitrogens is 2. The molecule has 1 heterocycles. The lowest BCUT2D eigenvalue weighted by Crippen LogP contribution is -2.46. The SMILES string of the molecule is CSC1(CNC(=O)Nc2ccnn2[C@H](C)C2CC2)CCC1. The minimum atomic E-state index is -0.125. The Bertz CT molecular complexity index is 502. The second kappa shape index (κ2) is 5.91. The highest BCUT2D eigenvalue weighted by atomic mass is 32.2. The largest absolute Gasteiger partial charge is 0.336 e. The minimum absolute atomic E-state index is 0.125. The van der Waals surface area contributed by atoms with Crippen LogP contribution in [0, 0.1) is 5.92 Å². The Balaban J connectivity index is 1.54. The second-order valence-electron chi connectivity index (χ2n) is 6.29. The first kappa shape index (κ1) is 14.8. The first-order valence-corrected chi connectivity index (χ1v) is 8.99. The highest BCUT2D eigenvalue weighted by Gasteiger charge is 2.36. The molecule has 0 radical (unpaired) electrons. The summed E-state index contributed by atoms with van der Waals surface area (Å²) in [6.07, 6.45) is 10.1. The van der Waals surface area contributed by atoms with Crippen LogP contribution in [0.1, 0.15) is 45.1 Å². The molecule has 21 heavy (non-hydrogen) atoms. The lowest BCUT2D eigenvalue weighted by atomic mass is 9.84. The summed E-state index contributed by atoms with van der Waals surface area (Å²) in [5.41, 5.74) is 0. The summed E-state index contributed by atoms with van der Waals surface area (Å²) in [6.45, 7) is 2.91. The maximum absolute atomic E-state index is 12.1. The highest BCUT2D eigenvalue weighted by Crippen LogP contribution is 2.42. The molecule has 1 atom stereocenters. The van der Waals surface area contributed by atoms with E-state index in [2.05, 4.69) is 28.9 Å². The molecule has 0 aliphatic heterocycles. The van der Waals surface area contributed by atoms with Gasteiger partial charge in [-0.2, -0.15) is 16.9 Å². The van der Waals surface area contributed by atoms with Gasteiger partial charge < -0.3 is 5.32 Å². The fraction of sp³-hybridized carbons (Fsp3) is 0.733. The molecule has 2 N–H and O–H groups in total. The molecule has 0 aromatic carbocycles. The number of carbonyl (C=O) groups is 1. The molecule has 1 aromatic heterocycles. The van der Waals surface area contributed by atoms with Gasteiger partial charge in [-0.25, -0.2) is 9.48 Å². The molecular weight excluding hydrogens is 284 g/mol. The van der Waals surface area contributed by atoms with Gasteiger partial charge in [0.05, 0.1) is 12.2 Å². The molecular formula is C15H24N4OS. The highest BCUT2D eigenvalue weighted by molar-refractivity contribution is 8.00. The van der Waals surface area contributed by atoms with Gasteiger partial charge in [-0.3, -0.25) is 5.32 Å². The van der Waals surface area contributed by atoms with Crippen molar-refractivity contribution < 1.29 is 4.79 Å². The molecule has 116 valence electrons. The van der Waals surface area contributed by atoms with Crippen LogP contribution in [0.4, 0.5) is 10.6 Å². The fourth-order valence-electron chi connectivity index (χ4n) is 2.94. The average molecular weight is 308 g/mol. The maximum atomic E-state index is 12.1. The van der Waals surface area contributed by atoms with Crippen molar-refractivity contribution in [2.75, 3.05) is 18.1 Å². The van der Waals surface area contributed by atoms with Gasteiger partial charge in [0.1, 0.15) is 5.82 Å². The van der Waals surface area contributed by atoms with Gasteiger partial charge >= 0.3 is 6.03 Å². The number of thioether (sulfide) groups is 1. The number of anilines is 1. The summed E-state index contributed by atoms with van der Waals surface area (Å²) in [7, 11) is 0. The number of amides is 2. The molecule has 6 heteroatoms. The molecule has 2 aliphatic carbocycles. The Labute approximate surface area is 130 Å². The van der Waals surface area contributed by atoms with E-state index < -0.39 is 0 Å². The molecule has 2 fully saturated rings. The first-order valence-electron chi connectivity index (χ1n) is 7.77. The Morgan fingerprint density at radius 2 is 2.33 bits per heavy atom. The standard InChI is InChI=1S/C15H24N4OS/c1-11(12-4-5-12)19-13(6-9-17-19)18-14(20)16-10-15(21-2)7-3-8-15/h6,9,11-12H,3-5,7-8,10H2,1-2H3,(H2,16,18,20)/t11-/m1/s1. The van der Waals surface area contributed by atoms with Crippen LogP contribution >= 0.6 is 11.8 Å². The Morgan fingerprint density at radius 1 is 1.57 bits per heavy atom. The molecule has 0 unspecified atom stereocenters. The van der Waals surface area contributed by atoms with Crippen molar-refractivity contribution in [3.8, 4) is 0 Å². The van der Waals surface area contributed by atoms with Crippen LogP contribution in [-0.2, 0) is 0 Å². The summed E-state index contributed by atoms with van der Waals surface area (Å²) < 4.78 is 2.20. The van der Waals surface area contributed by atoms with E-state index in [4.69, 9.17) is 0 Å². The van der Waals surface area contributed by atoms with Crippen molar-refractivity contribution in [3.05, 3.63) is 12.3 Å². The summed E-state index contributed by atoms with van der Waals surface area (Å²) in [6, 6.07) is 2.10. The summed E-state index contributed by atoms with van der Waals surface area (Å²) in [5, 5.41) is 10.3. The summed E-state index contributed by atoms with van der Waals surface area (Å²) in [4.78, 5) is 12.1. The normalized spacial score (nSPS) is 21.4. The Hall–Kier alpha value is -1.17. The van der Waals surface area contributed by atoms with E-state index >= 15 is 0 Å². The quantitative estimate of drug-likeness (QED) is 0.848. The van der Waals surface area contributed by atoms with E-state index in [0.29, 0.717) is 12.0 Å². The van der Waals surface area contributed by atoms with Crippen LogP contribution in [-0.4, -0.2) is 33.4 Å². The van der Waals surface area contributed by atoms with Gasteiger partial charge in [-0.05, 0) is 44.8 Å². The Kier molecular flexibility index (Phi) is 4.15. The smallest absolute Gasteiger partial charge is 0.320 e. The molecule has 5 nitrogen and oxygen atoms in total. The van der Waals surface area contributed by atoms with Gasteiger partial charge in [-0.1, -0.05) is 6.42 Å². The third kappa shape index (κ3) is 3.20. The van der Waals surface area contributed by atoms with E-state index in [1.54, 1.807) is 6.20 Å². The summed E-state index contributed by atoms with van der Waals surface area (Å²) >= 11 is 1.87. The van der Waals surface area contributed by atoms with Gasteiger partial charge in [0, 0.05) is 17.4 Å². The minimum Gasteiger partial charge on any atom is -0.336 e. The predicted molar refractivity (Wildman–Crippen MR) is 86.8 cm³/mol. The predicted octanol–water partition coefficient (Wildman–Crippen LogP) is 3.26. The zero-order valence-electron chi connectivity index (χ0n) is 12.8. The van der Waals surface area contributed by atoms with Crippen LogP contribution in [0.2, 0.25) is 0 Å². The number of nitrogens with zero attached hydrogens (tertiary/aromatic N) is 2. The van der Waals surface area contributed by atoms with Crippen LogP contribution in [0.25, 0.3) is 0 Å². The number of hydrogen-bond acceptors (Lipinski definition) is 3. The van der Waals surface area contributed by atoms with E-state index in [0.717, 1.165) is 12.4 Å². The van der Waals surface area contributed by atoms with Gasteiger partial charge in [0.2, 0.25) is 0 Å². The molecule has 0 saturated heterocycles. The van der Waals surface area contributed by atoms with Crippen molar-refractivity contribution in [2.45, 2.75) is 49.8 Å². The van der Waals surface area contributed by atoms with Crippen LogP contribution in [0.3, 0.4) is 0 Å². The molecule has 2 aliphatic rings. The van der Waals surface area contributed by atoms with E-state index in [1.807, 2.05) is 22.5 Å². The van der Waals surface area contributed by atoms with Crippen LogP contribution < -0.4 is 10.6 Å². The lowest BCUT2D eigenvalue weighted by molar-refractivity contribution is 0.247. The first-order chi connectivity index (χ1) is 10.1. The third-order valence-corrected chi connectivity index (χ3v) is 6.29. The topological polar surface area (TPSA) is 59.0 Å². The van der Waals surface area contributed by atoms with Crippen molar-refractivity contribution in [1.82, 2.24) is 15.1 Å². The molecule has 1 aromatic rings.